The first-order valence-corrected chi connectivity index (χ1v) is 7.18. The molecule has 0 unspecified atom stereocenters. The van der Waals surface area contributed by atoms with Gasteiger partial charge in [0.2, 0.25) is 0 Å². The van der Waals surface area contributed by atoms with Gasteiger partial charge in [-0.15, -0.1) is 5.10 Å². The predicted octanol–water partition coefficient (Wildman–Crippen LogP) is 1.26. The highest BCUT2D eigenvalue weighted by Crippen LogP contribution is 2.18. The number of rotatable bonds is 5. The summed E-state index contributed by atoms with van der Waals surface area (Å²) in [7, 11) is 0. The third-order valence-electron chi connectivity index (χ3n) is 3.49. The van der Waals surface area contributed by atoms with E-state index >= 15 is 0 Å². The number of amides is 1. The topological polar surface area (TPSA) is 92.9 Å². The van der Waals surface area contributed by atoms with Crippen molar-refractivity contribution in [3.8, 4) is 5.69 Å². The van der Waals surface area contributed by atoms with E-state index in [1.807, 2.05) is 18.2 Å². The summed E-state index contributed by atoms with van der Waals surface area (Å²) >= 11 is 0. The monoisotopic (exact) mass is 327 g/mol. The van der Waals surface area contributed by atoms with Gasteiger partial charge in [-0.25, -0.2) is 4.39 Å². The average molecular weight is 327 g/mol. The Morgan fingerprint density at radius 2 is 2.04 bits per heavy atom. The number of halogens is 1. The fraction of sp³-hybridized carbons (Fsp3) is 0.125. The van der Waals surface area contributed by atoms with Crippen molar-refractivity contribution in [1.29, 1.82) is 0 Å². The van der Waals surface area contributed by atoms with Crippen LogP contribution in [0.5, 0.6) is 0 Å². The molecule has 8 heteroatoms. The molecule has 1 heterocycles. The molecule has 1 aromatic heterocycles. The summed E-state index contributed by atoms with van der Waals surface area (Å²) < 4.78 is 14.7. The number of hydrogen-bond acceptors (Lipinski definition) is 5. The number of nitrogens with zero attached hydrogens (tertiary/aromatic N) is 4. The van der Waals surface area contributed by atoms with E-state index in [0.29, 0.717) is 0 Å². The number of nitrogens with one attached hydrogen (secondary N) is 1. The summed E-state index contributed by atoms with van der Waals surface area (Å²) in [5.74, 6) is -0.984. The highest BCUT2D eigenvalue weighted by Gasteiger charge is 2.19. The smallest absolute Gasteiger partial charge is 0.254 e. The van der Waals surface area contributed by atoms with Gasteiger partial charge < -0.3 is 10.4 Å². The van der Waals surface area contributed by atoms with Crippen molar-refractivity contribution in [2.24, 2.45) is 0 Å². The van der Waals surface area contributed by atoms with Gasteiger partial charge in [0.15, 0.2) is 0 Å². The van der Waals surface area contributed by atoms with Crippen LogP contribution in [0.4, 0.5) is 4.39 Å². The van der Waals surface area contributed by atoms with Crippen LogP contribution in [-0.2, 0) is 0 Å². The Kier molecular flexibility index (Phi) is 4.57. The number of benzene rings is 2. The summed E-state index contributed by atoms with van der Waals surface area (Å²) in [5.41, 5.74) is 1.17. The predicted molar refractivity (Wildman–Crippen MR) is 82.8 cm³/mol. The SMILES string of the molecule is O=C(N[C@@H](CO)c1ccccc1)c1ccc(F)cc1-n1cnnn1. The Balaban J connectivity index is 1.90. The van der Waals surface area contributed by atoms with E-state index in [9.17, 15) is 14.3 Å². The second kappa shape index (κ2) is 6.97. The molecule has 0 bridgehead atoms. The molecule has 0 fully saturated rings. The minimum absolute atomic E-state index is 0.193. The average Bonchev–Trinajstić information content (AvgIpc) is 3.14. The van der Waals surface area contributed by atoms with Gasteiger partial charge in [-0.3, -0.25) is 4.79 Å². The molecule has 2 N–H and O–H groups in total. The van der Waals surface area contributed by atoms with Gasteiger partial charge in [0.05, 0.1) is 23.9 Å². The lowest BCUT2D eigenvalue weighted by atomic mass is 10.1. The van der Waals surface area contributed by atoms with E-state index in [2.05, 4.69) is 20.8 Å². The maximum atomic E-state index is 13.5. The van der Waals surface area contributed by atoms with Gasteiger partial charge in [-0.2, -0.15) is 4.68 Å². The molecule has 24 heavy (non-hydrogen) atoms. The Morgan fingerprint density at radius 3 is 2.71 bits per heavy atom. The van der Waals surface area contributed by atoms with Crippen LogP contribution >= 0.6 is 0 Å². The molecule has 0 saturated carbocycles. The normalized spacial score (nSPS) is 11.9. The van der Waals surface area contributed by atoms with Crippen LogP contribution < -0.4 is 5.32 Å². The first kappa shape index (κ1) is 15.8. The lowest BCUT2D eigenvalue weighted by Gasteiger charge is -2.18. The highest BCUT2D eigenvalue weighted by molar-refractivity contribution is 5.98. The molecule has 0 aliphatic rings. The van der Waals surface area contributed by atoms with Crippen molar-refractivity contribution >= 4 is 5.91 Å². The molecule has 122 valence electrons. The van der Waals surface area contributed by atoms with E-state index in [-0.39, 0.29) is 17.9 Å². The maximum absolute atomic E-state index is 13.5. The van der Waals surface area contributed by atoms with Crippen molar-refractivity contribution in [3.63, 3.8) is 0 Å². The molecule has 2 aromatic carbocycles. The summed E-state index contributed by atoms with van der Waals surface area (Å²) in [6.07, 6.45) is 1.27. The molecule has 0 aliphatic carbocycles. The molecular formula is C16H14FN5O2. The Labute approximate surface area is 136 Å². The molecule has 0 radical (unpaired) electrons. The van der Waals surface area contributed by atoms with Crippen molar-refractivity contribution in [2.75, 3.05) is 6.61 Å². The fourth-order valence-corrected chi connectivity index (χ4v) is 2.31. The molecule has 7 nitrogen and oxygen atoms in total. The first-order chi connectivity index (χ1) is 11.7. The van der Waals surface area contributed by atoms with Crippen LogP contribution in [0.15, 0.2) is 54.9 Å². The van der Waals surface area contributed by atoms with E-state index in [1.54, 1.807) is 12.1 Å². The number of carbonyl (C=O) groups is 1. The van der Waals surface area contributed by atoms with Crippen molar-refractivity contribution in [1.82, 2.24) is 25.5 Å². The molecule has 0 saturated heterocycles. The Morgan fingerprint density at radius 1 is 1.25 bits per heavy atom. The van der Waals surface area contributed by atoms with Crippen LogP contribution in [-0.4, -0.2) is 37.8 Å². The zero-order valence-corrected chi connectivity index (χ0v) is 12.5. The molecule has 3 rings (SSSR count). The lowest BCUT2D eigenvalue weighted by molar-refractivity contribution is 0.0916. The number of aromatic nitrogens is 4. The van der Waals surface area contributed by atoms with Crippen molar-refractivity contribution < 1.29 is 14.3 Å². The van der Waals surface area contributed by atoms with Crippen LogP contribution in [0, 0.1) is 5.82 Å². The molecule has 1 atom stereocenters. The molecule has 0 aliphatic heterocycles. The number of tetrazole rings is 1. The largest absolute Gasteiger partial charge is 0.394 e. The van der Waals surface area contributed by atoms with Crippen molar-refractivity contribution in [2.45, 2.75) is 6.04 Å². The molecule has 1 amide bonds. The number of aliphatic hydroxyl groups is 1. The number of carbonyl (C=O) groups excluding carboxylic acids is 1. The van der Waals surface area contributed by atoms with Gasteiger partial charge in [0, 0.05) is 6.07 Å². The number of hydrogen-bond donors (Lipinski definition) is 2. The third-order valence-corrected chi connectivity index (χ3v) is 3.49. The van der Waals surface area contributed by atoms with Gasteiger partial charge in [0.1, 0.15) is 12.1 Å². The second-order valence-corrected chi connectivity index (χ2v) is 5.04. The van der Waals surface area contributed by atoms with Crippen LogP contribution in [0.3, 0.4) is 0 Å². The van der Waals surface area contributed by atoms with Crippen LogP contribution in [0.1, 0.15) is 22.0 Å². The number of aliphatic hydroxyl groups excluding tert-OH is 1. The van der Waals surface area contributed by atoms with Crippen LogP contribution in [0.2, 0.25) is 0 Å². The molecular weight excluding hydrogens is 313 g/mol. The van der Waals surface area contributed by atoms with Crippen LogP contribution in [0.25, 0.3) is 5.69 Å². The fourth-order valence-electron chi connectivity index (χ4n) is 2.31. The van der Waals surface area contributed by atoms with Gasteiger partial charge in [-0.05, 0) is 28.1 Å². The molecule has 0 spiro atoms. The standard InChI is InChI=1S/C16H14FN5O2/c17-12-6-7-13(15(8-12)22-10-18-20-21-22)16(24)19-14(9-23)11-4-2-1-3-5-11/h1-8,10,14,23H,9H2,(H,19,24)/t14-/m0/s1. The van der Waals surface area contributed by atoms with Gasteiger partial charge in [-0.1, -0.05) is 30.3 Å². The van der Waals surface area contributed by atoms with E-state index in [0.717, 1.165) is 5.56 Å². The minimum Gasteiger partial charge on any atom is -0.394 e. The summed E-state index contributed by atoms with van der Waals surface area (Å²) in [6, 6.07) is 12.2. The zero-order chi connectivity index (χ0) is 16.9. The van der Waals surface area contributed by atoms with Gasteiger partial charge in [0.25, 0.3) is 5.91 Å². The third kappa shape index (κ3) is 3.28. The van der Waals surface area contributed by atoms with E-state index < -0.39 is 17.8 Å². The van der Waals surface area contributed by atoms with Crippen molar-refractivity contribution in [3.05, 3.63) is 71.8 Å². The summed E-state index contributed by atoms with van der Waals surface area (Å²) in [5, 5.41) is 23.0. The van der Waals surface area contributed by atoms with Gasteiger partial charge >= 0.3 is 0 Å². The second-order valence-electron chi connectivity index (χ2n) is 5.04. The molecule has 3 aromatic rings. The highest BCUT2D eigenvalue weighted by atomic mass is 19.1. The lowest BCUT2D eigenvalue weighted by Crippen LogP contribution is -2.31. The zero-order valence-electron chi connectivity index (χ0n) is 12.5. The van der Waals surface area contributed by atoms with E-state index in [1.165, 1.54) is 29.2 Å². The Hall–Kier alpha value is -3.13. The first-order valence-electron chi connectivity index (χ1n) is 7.18. The summed E-state index contributed by atoms with van der Waals surface area (Å²) in [6.45, 7) is -0.267. The van der Waals surface area contributed by atoms with E-state index in [4.69, 9.17) is 0 Å². The Bertz CT molecular complexity index is 824. The minimum atomic E-state index is -0.578. The maximum Gasteiger partial charge on any atom is 0.254 e. The quantitative estimate of drug-likeness (QED) is 0.736. The summed E-state index contributed by atoms with van der Waals surface area (Å²) in [4.78, 5) is 12.6.